The van der Waals surface area contributed by atoms with Gasteiger partial charge in [0, 0.05) is 25.4 Å². The van der Waals surface area contributed by atoms with E-state index in [1.54, 1.807) is 23.8 Å². The Balaban J connectivity index is 1.71. The fourth-order valence-corrected chi connectivity index (χ4v) is 3.67. The smallest absolute Gasteiger partial charge is 0.379 e. The first kappa shape index (κ1) is 20.3. The number of fused-ring (bicyclic) bond motifs is 1. The lowest BCUT2D eigenvalue weighted by Crippen LogP contribution is -2.38. The molecule has 9 heteroatoms. The second kappa shape index (κ2) is 7.39. The van der Waals surface area contributed by atoms with E-state index in [1.165, 1.54) is 12.1 Å². The van der Waals surface area contributed by atoms with E-state index in [2.05, 4.69) is 15.3 Å². The number of halogens is 3. The molecule has 1 aliphatic rings. The molecular weight excluding hydrogens is 397 g/mol. The summed E-state index contributed by atoms with van der Waals surface area (Å²) in [7, 11) is 0. The van der Waals surface area contributed by atoms with E-state index < -0.39 is 17.3 Å². The van der Waals surface area contributed by atoms with Gasteiger partial charge >= 0.3 is 6.18 Å². The van der Waals surface area contributed by atoms with Gasteiger partial charge in [-0.3, -0.25) is 4.79 Å². The largest absolute Gasteiger partial charge is 0.416 e. The fraction of sp³-hybridized carbons (Fsp3) is 0.381. The molecule has 4 rings (SSSR count). The normalized spacial score (nSPS) is 19.4. The van der Waals surface area contributed by atoms with Crippen LogP contribution in [0.3, 0.4) is 0 Å². The molecule has 1 aliphatic heterocycles. The van der Waals surface area contributed by atoms with Crippen molar-refractivity contribution >= 4 is 16.7 Å². The second-order valence-corrected chi connectivity index (χ2v) is 7.75. The molecular formula is C21H21F3N4O2. The highest BCUT2D eigenvalue weighted by atomic mass is 19.4. The zero-order valence-electron chi connectivity index (χ0n) is 16.6. The monoisotopic (exact) mass is 418 g/mol. The summed E-state index contributed by atoms with van der Waals surface area (Å²) in [5.74, 6) is 0.924. The molecule has 0 saturated carbocycles. The molecule has 6 nitrogen and oxygen atoms in total. The van der Waals surface area contributed by atoms with Gasteiger partial charge < -0.3 is 14.6 Å². The number of alkyl halides is 3. The summed E-state index contributed by atoms with van der Waals surface area (Å²) in [6, 6.07) is 6.60. The molecule has 1 fully saturated rings. The molecule has 0 bridgehead atoms. The van der Waals surface area contributed by atoms with Gasteiger partial charge in [0.25, 0.3) is 5.56 Å². The molecule has 0 aliphatic carbocycles. The average Bonchev–Trinajstić information content (AvgIpc) is 3.12. The number of nitrogens with zero attached hydrogens (tertiary/aromatic N) is 3. The van der Waals surface area contributed by atoms with Crippen molar-refractivity contribution in [3.63, 3.8) is 0 Å². The van der Waals surface area contributed by atoms with Gasteiger partial charge in [-0.25, -0.2) is 9.97 Å². The van der Waals surface area contributed by atoms with E-state index in [0.717, 1.165) is 12.1 Å². The number of nitrogens with one attached hydrogen (secondary N) is 1. The summed E-state index contributed by atoms with van der Waals surface area (Å²) < 4.78 is 46.0. The summed E-state index contributed by atoms with van der Waals surface area (Å²) in [5.41, 5.74) is -0.392. The molecule has 1 atom stereocenters. The number of aromatic nitrogens is 3. The van der Waals surface area contributed by atoms with Gasteiger partial charge in [-0.2, -0.15) is 13.2 Å². The van der Waals surface area contributed by atoms with Gasteiger partial charge in [0.05, 0.1) is 28.6 Å². The first-order chi connectivity index (χ1) is 14.2. The minimum absolute atomic E-state index is 0.148. The van der Waals surface area contributed by atoms with Gasteiger partial charge in [0.15, 0.2) is 0 Å². The van der Waals surface area contributed by atoms with Crippen molar-refractivity contribution in [2.45, 2.75) is 38.5 Å². The summed E-state index contributed by atoms with van der Waals surface area (Å²) in [5, 5.41) is 3.73. The maximum Gasteiger partial charge on any atom is 0.416 e. The van der Waals surface area contributed by atoms with E-state index >= 15 is 0 Å². The summed E-state index contributed by atoms with van der Waals surface area (Å²) in [6.45, 7) is 4.81. The van der Waals surface area contributed by atoms with Gasteiger partial charge in [0.2, 0.25) is 0 Å². The maximum absolute atomic E-state index is 13.0. The molecule has 0 amide bonds. The number of anilines is 1. The Hall–Kier alpha value is -2.94. The lowest BCUT2D eigenvalue weighted by atomic mass is 10.0. The SMILES string of the molecule is Cc1nc(NCc2cccc(C(F)(F)F)c2)c2cn(C3(C)CCOC3)c(=O)cc2n1. The Labute approximate surface area is 170 Å². The molecule has 158 valence electrons. The molecule has 0 spiro atoms. The van der Waals surface area contributed by atoms with Gasteiger partial charge in [0.1, 0.15) is 11.6 Å². The standard InChI is InChI=1S/C21H21F3N4O2/c1-13-26-17-9-18(29)28(20(2)6-7-30-12-20)11-16(17)19(27-13)25-10-14-4-3-5-15(8-14)21(22,23)24/h3-5,8-9,11H,6-7,10,12H2,1-2H3,(H,25,26,27). The molecule has 1 unspecified atom stereocenters. The third kappa shape index (κ3) is 3.89. The molecule has 2 aromatic heterocycles. The highest BCUT2D eigenvalue weighted by molar-refractivity contribution is 5.88. The van der Waals surface area contributed by atoms with Gasteiger partial charge in [-0.05, 0) is 38.0 Å². The van der Waals surface area contributed by atoms with Crippen molar-refractivity contribution < 1.29 is 17.9 Å². The Morgan fingerprint density at radius 3 is 2.77 bits per heavy atom. The summed E-state index contributed by atoms with van der Waals surface area (Å²) in [6.07, 6.45) is -1.98. The minimum atomic E-state index is -4.40. The van der Waals surface area contributed by atoms with Crippen molar-refractivity contribution in [2.75, 3.05) is 18.5 Å². The van der Waals surface area contributed by atoms with Crippen LogP contribution in [0, 0.1) is 6.92 Å². The van der Waals surface area contributed by atoms with E-state index in [4.69, 9.17) is 4.74 Å². The molecule has 1 saturated heterocycles. The number of benzene rings is 1. The quantitative estimate of drug-likeness (QED) is 0.697. The molecule has 30 heavy (non-hydrogen) atoms. The van der Waals surface area contributed by atoms with Crippen LogP contribution >= 0.6 is 0 Å². The van der Waals surface area contributed by atoms with Crippen LogP contribution in [0.2, 0.25) is 0 Å². The molecule has 0 radical (unpaired) electrons. The van der Waals surface area contributed by atoms with Crippen LogP contribution in [-0.4, -0.2) is 27.7 Å². The predicted molar refractivity (Wildman–Crippen MR) is 106 cm³/mol. The van der Waals surface area contributed by atoms with Crippen molar-refractivity contribution in [1.82, 2.24) is 14.5 Å². The Kier molecular flexibility index (Phi) is 5.01. The lowest BCUT2D eigenvalue weighted by Gasteiger charge is -2.25. The van der Waals surface area contributed by atoms with Crippen molar-refractivity contribution in [1.29, 1.82) is 0 Å². The minimum Gasteiger partial charge on any atom is -0.379 e. The zero-order valence-corrected chi connectivity index (χ0v) is 16.6. The predicted octanol–water partition coefficient (Wildman–Crippen LogP) is 3.87. The third-order valence-corrected chi connectivity index (χ3v) is 5.34. The number of pyridine rings is 1. The Morgan fingerprint density at radius 2 is 2.07 bits per heavy atom. The van der Waals surface area contributed by atoms with Crippen LogP contribution in [0.5, 0.6) is 0 Å². The van der Waals surface area contributed by atoms with Crippen LogP contribution in [0.1, 0.15) is 30.3 Å². The maximum atomic E-state index is 13.0. The average molecular weight is 418 g/mol. The van der Waals surface area contributed by atoms with Gasteiger partial charge in [-0.1, -0.05) is 12.1 Å². The Morgan fingerprint density at radius 1 is 1.27 bits per heavy atom. The lowest BCUT2D eigenvalue weighted by molar-refractivity contribution is -0.137. The van der Waals surface area contributed by atoms with Crippen LogP contribution in [0.25, 0.3) is 10.9 Å². The van der Waals surface area contributed by atoms with E-state index in [0.29, 0.717) is 47.7 Å². The number of ether oxygens (including phenoxy) is 1. The first-order valence-corrected chi connectivity index (χ1v) is 9.55. The Bertz CT molecular complexity index is 1150. The number of aryl methyl sites for hydroxylation is 1. The second-order valence-electron chi connectivity index (χ2n) is 7.75. The van der Waals surface area contributed by atoms with Crippen molar-refractivity contribution in [3.05, 3.63) is 63.8 Å². The van der Waals surface area contributed by atoms with Gasteiger partial charge in [-0.15, -0.1) is 0 Å². The fourth-order valence-electron chi connectivity index (χ4n) is 3.67. The summed E-state index contributed by atoms with van der Waals surface area (Å²) in [4.78, 5) is 21.4. The first-order valence-electron chi connectivity index (χ1n) is 9.55. The van der Waals surface area contributed by atoms with E-state index in [-0.39, 0.29) is 12.1 Å². The summed E-state index contributed by atoms with van der Waals surface area (Å²) >= 11 is 0. The molecule has 3 aromatic rings. The topological polar surface area (TPSA) is 69.0 Å². The van der Waals surface area contributed by atoms with Crippen LogP contribution in [0.4, 0.5) is 19.0 Å². The number of rotatable bonds is 4. The third-order valence-electron chi connectivity index (χ3n) is 5.34. The molecule has 1 N–H and O–H groups in total. The van der Waals surface area contributed by atoms with Crippen LogP contribution in [0.15, 0.2) is 41.3 Å². The number of hydrogen-bond donors (Lipinski definition) is 1. The highest BCUT2D eigenvalue weighted by Gasteiger charge is 2.33. The van der Waals surface area contributed by atoms with Crippen molar-refractivity contribution in [3.8, 4) is 0 Å². The van der Waals surface area contributed by atoms with Crippen LogP contribution in [-0.2, 0) is 23.0 Å². The van der Waals surface area contributed by atoms with Crippen LogP contribution < -0.4 is 10.9 Å². The molecule has 1 aromatic carbocycles. The zero-order chi connectivity index (χ0) is 21.5. The van der Waals surface area contributed by atoms with E-state index in [9.17, 15) is 18.0 Å². The van der Waals surface area contributed by atoms with Crippen molar-refractivity contribution in [2.24, 2.45) is 0 Å². The van der Waals surface area contributed by atoms with E-state index in [1.807, 2.05) is 6.92 Å². The molecule has 3 heterocycles. The highest BCUT2D eigenvalue weighted by Crippen LogP contribution is 2.30. The number of hydrogen-bond acceptors (Lipinski definition) is 5.